The van der Waals surface area contributed by atoms with Crippen molar-refractivity contribution in [3.8, 4) is 11.5 Å². The number of carbonyl (C=O) groups is 5. The summed E-state index contributed by atoms with van der Waals surface area (Å²) in [5.41, 5.74) is 3.44. The van der Waals surface area contributed by atoms with E-state index in [1.807, 2.05) is 12.1 Å². The van der Waals surface area contributed by atoms with Gasteiger partial charge in [-0.3, -0.25) is 28.9 Å². The van der Waals surface area contributed by atoms with Crippen LogP contribution in [0.15, 0.2) is 106 Å². The first kappa shape index (κ1) is 29.8. The SMILES string of the molecule is CCOc1cc([C@H]2C3=CC[C@@H]4C(=O)N(c5ccc(C(=O)c6ccccc6)cc5)C(=O)[C@@H]4[C@@H]3CC3=C2C(=O)C=C(Br)C3=O)ccc1O. The van der Waals surface area contributed by atoms with Gasteiger partial charge in [0, 0.05) is 34.3 Å². The molecule has 3 aromatic carbocycles. The molecule has 1 saturated heterocycles. The zero-order valence-corrected chi connectivity index (χ0v) is 26.3. The third-order valence-electron chi connectivity index (χ3n) is 9.37. The number of nitrogens with zero attached hydrogens (tertiary/aromatic N) is 1. The van der Waals surface area contributed by atoms with Crippen LogP contribution in [0.1, 0.15) is 47.2 Å². The number of rotatable bonds is 6. The molecule has 0 spiro atoms. The highest BCUT2D eigenvalue weighted by Gasteiger charge is 2.56. The number of ketones is 3. The molecule has 7 rings (SSSR count). The van der Waals surface area contributed by atoms with Crippen molar-refractivity contribution in [2.45, 2.75) is 25.7 Å². The van der Waals surface area contributed by atoms with Crippen LogP contribution in [0.4, 0.5) is 5.69 Å². The predicted molar refractivity (Wildman–Crippen MR) is 173 cm³/mol. The zero-order valence-electron chi connectivity index (χ0n) is 24.7. The summed E-state index contributed by atoms with van der Waals surface area (Å²) in [6.45, 7) is 2.10. The number of ether oxygens (including phenoxy) is 1. The normalized spacial score (nSPS) is 23.8. The summed E-state index contributed by atoms with van der Waals surface area (Å²) in [6.07, 6.45) is 3.65. The lowest BCUT2D eigenvalue weighted by atomic mass is 9.59. The van der Waals surface area contributed by atoms with Crippen molar-refractivity contribution in [3.05, 3.63) is 123 Å². The van der Waals surface area contributed by atoms with Gasteiger partial charge in [0.25, 0.3) is 0 Å². The molecule has 0 bridgehead atoms. The largest absolute Gasteiger partial charge is 0.504 e. The van der Waals surface area contributed by atoms with Gasteiger partial charge in [-0.05, 0) is 83.6 Å². The number of carbonyl (C=O) groups excluding carboxylic acids is 5. The second-order valence-electron chi connectivity index (χ2n) is 11.8. The molecule has 1 aliphatic heterocycles. The molecule has 0 saturated carbocycles. The Morgan fingerprint density at radius 2 is 1.65 bits per heavy atom. The van der Waals surface area contributed by atoms with Crippen molar-refractivity contribution in [1.29, 1.82) is 0 Å². The van der Waals surface area contributed by atoms with E-state index in [-0.39, 0.29) is 51.6 Å². The quantitative estimate of drug-likeness (QED) is 0.147. The molecule has 3 aromatic rings. The summed E-state index contributed by atoms with van der Waals surface area (Å²) in [5, 5.41) is 10.4. The smallest absolute Gasteiger partial charge is 0.238 e. The van der Waals surface area contributed by atoms with Crippen LogP contribution in [0.25, 0.3) is 0 Å². The number of anilines is 1. The van der Waals surface area contributed by atoms with Crippen LogP contribution in [0.2, 0.25) is 0 Å². The summed E-state index contributed by atoms with van der Waals surface area (Å²) < 4.78 is 5.78. The minimum absolute atomic E-state index is 0.0535. The number of aromatic hydroxyl groups is 1. The second kappa shape index (κ2) is 11.5. The minimum Gasteiger partial charge on any atom is -0.504 e. The maximum atomic E-state index is 14.2. The number of hydrogen-bond acceptors (Lipinski definition) is 7. The number of benzene rings is 3. The van der Waals surface area contributed by atoms with E-state index in [9.17, 15) is 29.1 Å². The van der Waals surface area contributed by atoms with Crippen LogP contribution in [0, 0.1) is 17.8 Å². The molecule has 46 heavy (non-hydrogen) atoms. The number of fused-ring (bicyclic) bond motifs is 3. The van der Waals surface area contributed by atoms with Gasteiger partial charge in [-0.1, -0.05) is 48.0 Å². The molecule has 0 aromatic heterocycles. The van der Waals surface area contributed by atoms with Gasteiger partial charge in [-0.15, -0.1) is 0 Å². The lowest BCUT2D eigenvalue weighted by molar-refractivity contribution is -0.123. The number of phenolic OH excluding ortho intramolecular Hbond substituents is 1. The van der Waals surface area contributed by atoms with Crippen LogP contribution in [0.3, 0.4) is 0 Å². The van der Waals surface area contributed by atoms with Crippen LogP contribution < -0.4 is 9.64 Å². The maximum absolute atomic E-state index is 14.2. The fourth-order valence-electron chi connectivity index (χ4n) is 7.34. The lowest BCUT2D eigenvalue weighted by Gasteiger charge is -2.42. The fourth-order valence-corrected chi connectivity index (χ4v) is 7.79. The molecular formula is C37H28BrNO7. The predicted octanol–water partition coefficient (Wildman–Crippen LogP) is 5.99. The molecular weight excluding hydrogens is 650 g/mol. The van der Waals surface area contributed by atoms with E-state index in [1.54, 1.807) is 67.6 Å². The van der Waals surface area contributed by atoms with Gasteiger partial charge >= 0.3 is 0 Å². The molecule has 3 aliphatic carbocycles. The number of imide groups is 1. The molecule has 1 heterocycles. The molecule has 0 unspecified atom stereocenters. The molecule has 9 heteroatoms. The topological polar surface area (TPSA) is 118 Å². The van der Waals surface area contributed by atoms with Crippen LogP contribution in [-0.2, 0) is 19.2 Å². The van der Waals surface area contributed by atoms with E-state index in [0.717, 1.165) is 5.57 Å². The summed E-state index contributed by atoms with van der Waals surface area (Å²) in [7, 11) is 0. The Hall–Kier alpha value is -4.89. The van der Waals surface area contributed by atoms with Crippen molar-refractivity contribution in [2.75, 3.05) is 11.5 Å². The van der Waals surface area contributed by atoms with Crippen molar-refractivity contribution in [2.24, 2.45) is 17.8 Å². The van der Waals surface area contributed by atoms with Gasteiger partial charge in [0.05, 0.1) is 28.6 Å². The van der Waals surface area contributed by atoms with E-state index in [2.05, 4.69) is 15.9 Å². The molecule has 4 aliphatic rings. The Morgan fingerprint density at radius 1 is 0.935 bits per heavy atom. The number of amides is 2. The van der Waals surface area contributed by atoms with Gasteiger partial charge in [0.1, 0.15) is 0 Å². The molecule has 1 fully saturated rings. The van der Waals surface area contributed by atoms with Crippen molar-refractivity contribution in [3.63, 3.8) is 0 Å². The Labute approximate surface area is 273 Å². The number of phenols is 1. The van der Waals surface area contributed by atoms with Crippen molar-refractivity contribution < 1.29 is 33.8 Å². The molecule has 1 N–H and O–H groups in total. The number of hydrogen-bond donors (Lipinski definition) is 1. The van der Waals surface area contributed by atoms with E-state index >= 15 is 0 Å². The van der Waals surface area contributed by atoms with Crippen molar-refractivity contribution >= 4 is 50.8 Å². The van der Waals surface area contributed by atoms with Gasteiger partial charge in [-0.2, -0.15) is 0 Å². The number of allylic oxidation sites excluding steroid dienone is 6. The first-order chi connectivity index (χ1) is 22.2. The van der Waals surface area contributed by atoms with Crippen LogP contribution >= 0.6 is 15.9 Å². The molecule has 230 valence electrons. The maximum Gasteiger partial charge on any atom is 0.238 e. The Kier molecular flexibility index (Phi) is 7.44. The monoisotopic (exact) mass is 677 g/mol. The van der Waals surface area contributed by atoms with Gasteiger partial charge in [-0.25, -0.2) is 0 Å². The molecule has 0 radical (unpaired) electrons. The highest BCUT2D eigenvalue weighted by Crippen LogP contribution is 2.56. The average molecular weight is 679 g/mol. The average Bonchev–Trinajstić information content (AvgIpc) is 3.33. The molecule has 2 amide bonds. The standard InChI is InChI=1S/C37H28BrNO7/c1-2-46-30-16-21(10-15-28(30)40)31-23-13-14-24-32(25(23)17-26-33(31)29(41)18-27(38)35(26)43)37(45)39(36(24)44)22-11-8-20(9-12-22)34(42)19-6-4-3-5-7-19/h3-13,15-16,18,24-25,31-32,40H,2,14,17H2,1H3/t24-,25+,31-,32-/m0/s1. The van der Waals surface area contributed by atoms with Crippen LogP contribution in [0.5, 0.6) is 11.5 Å². The zero-order chi connectivity index (χ0) is 32.3. The Bertz CT molecular complexity index is 1940. The van der Waals surface area contributed by atoms with E-state index < -0.39 is 23.7 Å². The Balaban J connectivity index is 1.26. The third kappa shape index (κ3) is 4.69. The first-order valence-corrected chi connectivity index (χ1v) is 15.9. The molecule has 4 atom stereocenters. The molecule has 8 nitrogen and oxygen atoms in total. The minimum atomic E-state index is -0.745. The summed E-state index contributed by atoms with van der Waals surface area (Å²) in [4.78, 5) is 69.2. The third-order valence-corrected chi connectivity index (χ3v) is 9.96. The van der Waals surface area contributed by atoms with E-state index in [4.69, 9.17) is 4.74 Å². The van der Waals surface area contributed by atoms with Gasteiger partial charge < -0.3 is 9.84 Å². The van der Waals surface area contributed by atoms with E-state index in [0.29, 0.717) is 46.6 Å². The first-order valence-electron chi connectivity index (χ1n) is 15.1. The van der Waals surface area contributed by atoms with Gasteiger partial charge in [0.2, 0.25) is 11.8 Å². The fraction of sp³-hybridized carbons (Fsp3) is 0.216. The lowest BCUT2D eigenvalue weighted by Crippen LogP contribution is -2.39. The van der Waals surface area contributed by atoms with Gasteiger partial charge in [0.15, 0.2) is 28.8 Å². The Morgan fingerprint density at radius 3 is 2.37 bits per heavy atom. The summed E-state index contributed by atoms with van der Waals surface area (Å²) in [6, 6.07) is 20.2. The summed E-state index contributed by atoms with van der Waals surface area (Å²) >= 11 is 3.25. The highest BCUT2D eigenvalue weighted by atomic mass is 79.9. The van der Waals surface area contributed by atoms with Crippen molar-refractivity contribution in [1.82, 2.24) is 0 Å². The second-order valence-corrected chi connectivity index (χ2v) is 12.7. The number of halogens is 1. The highest BCUT2D eigenvalue weighted by molar-refractivity contribution is 9.12. The van der Waals surface area contributed by atoms with E-state index in [1.165, 1.54) is 17.0 Å². The number of Topliss-reactive ketones (excluding diaryl/α,β-unsaturated/α-hetero) is 1. The summed E-state index contributed by atoms with van der Waals surface area (Å²) in [5.74, 6) is -3.87. The van der Waals surface area contributed by atoms with Crippen LogP contribution in [-0.4, -0.2) is 40.9 Å².